The quantitative estimate of drug-likeness (QED) is 0.339. The van der Waals surface area contributed by atoms with Crippen LogP contribution in [0.1, 0.15) is 12.8 Å². The van der Waals surface area contributed by atoms with E-state index in [0.29, 0.717) is 10.8 Å². The van der Waals surface area contributed by atoms with E-state index in [9.17, 15) is 14.4 Å². The van der Waals surface area contributed by atoms with E-state index in [1.807, 2.05) is 35.7 Å². The van der Waals surface area contributed by atoms with Crippen LogP contribution < -0.4 is 10.6 Å². The van der Waals surface area contributed by atoms with Gasteiger partial charge in [0.1, 0.15) is 0 Å². The summed E-state index contributed by atoms with van der Waals surface area (Å²) in [7, 11) is 0. The highest BCUT2D eigenvalue weighted by atomic mass is 79.9. The van der Waals surface area contributed by atoms with Gasteiger partial charge in [0.05, 0.1) is 17.9 Å². The summed E-state index contributed by atoms with van der Waals surface area (Å²) in [6, 6.07) is 14.8. The zero-order valence-corrected chi connectivity index (χ0v) is 19.4. The molecule has 0 aliphatic heterocycles. The number of nitrogens with one attached hydrogen (secondary N) is 2. The van der Waals surface area contributed by atoms with Crippen LogP contribution in [0, 0.1) is 0 Å². The molecule has 0 radical (unpaired) electrons. The standard InChI is InChI=1S/C21H18BrN3O4S2/c22-14-6-4-13(5-7-14)17-11-31-21(24-17)25-19(27)12-30-16-3-1-2-15(10-16)23-18(26)8-9-20(28)29/h1-7,10-11H,8-9,12H2,(H,23,26)(H,28,29)(H,24,25,27). The number of carbonyl (C=O) groups is 3. The number of carboxylic acids is 1. The van der Waals surface area contributed by atoms with Crippen LogP contribution in [0.5, 0.6) is 0 Å². The minimum Gasteiger partial charge on any atom is -0.481 e. The van der Waals surface area contributed by atoms with Crippen LogP contribution in [0.4, 0.5) is 10.8 Å². The zero-order valence-electron chi connectivity index (χ0n) is 16.1. The summed E-state index contributed by atoms with van der Waals surface area (Å²) < 4.78 is 0.987. The number of benzene rings is 2. The molecule has 0 aliphatic carbocycles. The zero-order chi connectivity index (χ0) is 22.2. The summed E-state index contributed by atoms with van der Waals surface area (Å²) >= 11 is 6.09. The Morgan fingerprint density at radius 2 is 1.81 bits per heavy atom. The van der Waals surface area contributed by atoms with E-state index in [1.54, 1.807) is 18.2 Å². The average Bonchev–Trinajstić information content (AvgIpc) is 3.20. The molecule has 7 nitrogen and oxygen atoms in total. The van der Waals surface area contributed by atoms with Crippen LogP contribution in [0.3, 0.4) is 0 Å². The van der Waals surface area contributed by atoms with Crippen LogP contribution in [-0.2, 0) is 14.4 Å². The fourth-order valence-corrected chi connectivity index (χ4v) is 4.25. The first-order valence-electron chi connectivity index (χ1n) is 9.15. The van der Waals surface area contributed by atoms with E-state index in [0.717, 1.165) is 20.6 Å². The lowest BCUT2D eigenvalue weighted by Crippen LogP contribution is -2.14. The highest BCUT2D eigenvalue weighted by molar-refractivity contribution is 9.10. The van der Waals surface area contributed by atoms with Gasteiger partial charge in [0.15, 0.2) is 5.13 Å². The maximum absolute atomic E-state index is 12.3. The minimum absolute atomic E-state index is 0.0921. The molecule has 2 aromatic carbocycles. The van der Waals surface area contributed by atoms with Crippen molar-refractivity contribution < 1.29 is 19.5 Å². The fraction of sp³-hybridized carbons (Fsp3) is 0.143. The molecule has 1 aromatic heterocycles. The molecule has 0 saturated heterocycles. The molecule has 160 valence electrons. The van der Waals surface area contributed by atoms with Crippen LogP contribution in [0.15, 0.2) is 63.3 Å². The van der Waals surface area contributed by atoms with Crippen molar-refractivity contribution in [1.82, 2.24) is 4.98 Å². The second kappa shape index (κ2) is 11.1. The third-order valence-corrected chi connectivity index (χ3v) is 6.22. The molecule has 0 fully saturated rings. The van der Waals surface area contributed by atoms with Gasteiger partial charge < -0.3 is 15.7 Å². The number of thioether (sulfide) groups is 1. The summed E-state index contributed by atoms with van der Waals surface area (Å²) in [5.41, 5.74) is 2.32. The Bertz CT molecular complexity index is 1090. The molecule has 3 N–H and O–H groups in total. The maximum Gasteiger partial charge on any atom is 0.303 e. The van der Waals surface area contributed by atoms with Gasteiger partial charge in [-0.3, -0.25) is 14.4 Å². The van der Waals surface area contributed by atoms with Gasteiger partial charge >= 0.3 is 5.97 Å². The van der Waals surface area contributed by atoms with Crippen LogP contribution in [0.25, 0.3) is 11.3 Å². The van der Waals surface area contributed by atoms with Gasteiger partial charge in [-0.15, -0.1) is 23.1 Å². The third kappa shape index (κ3) is 7.50. The molecular formula is C21H18BrN3O4S2. The summed E-state index contributed by atoms with van der Waals surface area (Å²) in [5.74, 6) is -1.39. The number of rotatable bonds is 9. The van der Waals surface area contributed by atoms with E-state index in [1.165, 1.54) is 23.1 Å². The Kier molecular flexibility index (Phi) is 8.21. The molecule has 0 atom stereocenters. The van der Waals surface area contributed by atoms with Crippen molar-refractivity contribution in [2.45, 2.75) is 17.7 Å². The fourth-order valence-electron chi connectivity index (χ4n) is 2.50. The van der Waals surface area contributed by atoms with Crippen molar-refractivity contribution in [3.63, 3.8) is 0 Å². The van der Waals surface area contributed by atoms with E-state index in [2.05, 4.69) is 31.5 Å². The number of carbonyl (C=O) groups excluding carboxylic acids is 2. The largest absolute Gasteiger partial charge is 0.481 e. The highest BCUT2D eigenvalue weighted by Crippen LogP contribution is 2.27. The first-order chi connectivity index (χ1) is 14.9. The maximum atomic E-state index is 12.3. The van der Waals surface area contributed by atoms with Crippen LogP contribution in [0.2, 0.25) is 0 Å². The van der Waals surface area contributed by atoms with Gasteiger partial charge in [0, 0.05) is 32.4 Å². The van der Waals surface area contributed by atoms with Gasteiger partial charge in [-0.1, -0.05) is 34.1 Å². The minimum atomic E-state index is -1.02. The monoisotopic (exact) mass is 519 g/mol. The van der Waals surface area contributed by atoms with Gasteiger partial charge in [-0.25, -0.2) is 4.98 Å². The third-order valence-electron chi connectivity index (χ3n) is 3.94. The van der Waals surface area contributed by atoms with Crippen molar-refractivity contribution in [3.8, 4) is 11.3 Å². The summed E-state index contributed by atoms with van der Waals surface area (Å²) in [4.78, 5) is 39.9. The van der Waals surface area contributed by atoms with Gasteiger partial charge in [-0.2, -0.15) is 0 Å². The Morgan fingerprint density at radius 1 is 1.03 bits per heavy atom. The predicted molar refractivity (Wildman–Crippen MR) is 127 cm³/mol. The Balaban J connectivity index is 1.50. The number of thiazole rings is 1. The first kappa shape index (κ1) is 23.0. The van der Waals surface area contributed by atoms with E-state index in [4.69, 9.17) is 5.11 Å². The lowest BCUT2D eigenvalue weighted by atomic mass is 10.2. The van der Waals surface area contributed by atoms with E-state index in [-0.39, 0.29) is 30.4 Å². The molecule has 0 aliphatic rings. The van der Waals surface area contributed by atoms with Crippen molar-refractivity contribution in [1.29, 1.82) is 0 Å². The normalized spacial score (nSPS) is 10.5. The van der Waals surface area contributed by atoms with E-state index >= 15 is 0 Å². The molecule has 3 aromatic rings. The summed E-state index contributed by atoms with van der Waals surface area (Å²) in [5, 5.41) is 16.5. The number of amides is 2. The lowest BCUT2D eigenvalue weighted by Gasteiger charge is -2.07. The molecule has 0 unspecified atom stereocenters. The van der Waals surface area contributed by atoms with Gasteiger partial charge in [-0.05, 0) is 30.3 Å². The summed E-state index contributed by atoms with van der Waals surface area (Å²) in [6.07, 6.45) is -0.314. The molecule has 0 bridgehead atoms. The number of hydrogen-bond acceptors (Lipinski definition) is 6. The molecular weight excluding hydrogens is 502 g/mol. The molecule has 31 heavy (non-hydrogen) atoms. The molecule has 0 spiro atoms. The van der Waals surface area contributed by atoms with Crippen molar-refractivity contribution in [2.75, 3.05) is 16.4 Å². The number of aromatic nitrogens is 1. The van der Waals surface area contributed by atoms with E-state index < -0.39 is 5.97 Å². The number of aliphatic carboxylic acids is 1. The van der Waals surface area contributed by atoms with Crippen molar-refractivity contribution in [2.24, 2.45) is 0 Å². The number of halogens is 1. The Morgan fingerprint density at radius 3 is 2.55 bits per heavy atom. The number of carboxylic acid groups (broad SMARTS) is 1. The molecule has 1 heterocycles. The second-order valence-electron chi connectivity index (χ2n) is 6.35. The SMILES string of the molecule is O=C(O)CCC(=O)Nc1cccc(SCC(=O)Nc2nc(-c3ccc(Br)cc3)cs2)c1. The smallest absolute Gasteiger partial charge is 0.303 e. The molecule has 10 heteroatoms. The number of nitrogens with zero attached hydrogens (tertiary/aromatic N) is 1. The second-order valence-corrected chi connectivity index (χ2v) is 9.17. The first-order valence-corrected chi connectivity index (χ1v) is 11.8. The Labute approximate surface area is 195 Å². The lowest BCUT2D eigenvalue weighted by molar-refractivity contribution is -0.138. The number of anilines is 2. The van der Waals surface area contributed by atoms with Crippen molar-refractivity contribution >= 4 is 67.6 Å². The topological polar surface area (TPSA) is 108 Å². The van der Waals surface area contributed by atoms with Crippen LogP contribution >= 0.6 is 39.0 Å². The van der Waals surface area contributed by atoms with Crippen LogP contribution in [-0.4, -0.2) is 33.6 Å². The number of hydrogen-bond donors (Lipinski definition) is 3. The summed E-state index contributed by atoms with van der Waals surface area (Å²) in [6.45, 7) is 0. The molecule has 3 rings (SSSR count). The highest BCUT2D eigenvalue weighted by Gasteiger charge is 2.10. The molecule has 0 saturated carbocycles. The Hall–Kier alpha value is -2.69. The molecule has 2 amide bonds. The predicted octanol–water partition coefficient (Wildman–Crippen LogP) is 5.11. The van der Waals surface area contributed by atoms with Crippen molar-refractivity contribution in [3.05, 3.63) is 58.4 Å². The van der Waals surface area contributed by atoms with Gasteiger partial charge in [0.25, 0.3) is 0 Å². The average molecular weight is 520 g/mol. The van der Waals surface area contributed by atoms with Gasteiger partial charge in [0.2, 0.25) is 11.8 Å².